The minimum atomic E-state index is -0.877. The zero-order chi connectivity index (χ0) is 29.6. The van der Waals surface area contributed by atoms with Crippen LogP contribution in [0.5, 0.6) is 0 Å². The molecule has 3 aliphatic rings. The molecule has 2 aliphatic carbocycles. The maximum atomic E-state index is 13.7. The van der Waals surface area contributed by atoms with Crippen LogP contribution in [0.2, 0.25) is 0 Å². The number of hydrogen-bond acceptors (Lipinski definition) is 8. The van der Waals surface area contributed by atoms with E-state index in [2.05, 4.69) is 20.6 Å². The van der Waals surface area contributed by atoms with Gasteiger partial charge < -0.3 is 19.8 Å². The molecule has 0 unspecified atom stereocenters. The second kappa shape index (κ2) is 15.1. The number of carbonyl (C=O) groups is 3. The summed E-state index contributed by atoms with van der Waals surface area (Å²) in [7, 11) is 0. The average Bonchev–Trinajstić information content (AvgIpc) is 3.73. The summed E-state index contributed by atoms with van der Waals surface area (Å²) in [5.41, 5.74) is 1.55. The number of ether oxygens (including phenoxy) is 1. The van der Waals surface area contributed by atoms with E-state index in [-0.39, 0.29) is 42.1 Å². The number of morpholine rings is 1. The minimum Gasteiger partial charge on any atom is -0.384 e. The molecule has 1 saturated heterocycles. The van der Waals surface area contributed by atoms with E-state index in [0.717, 1.165) is 44.3 Å². The van der Waals surface area contributed by atoms with Gasteiger partial charge in [-0.05, 0) is 55.6 Å². The molecule has 0 radical (unpaired) electrons. The number of ketones is 1. The van der Waals surface area contributed by atoms with Gasteiger partial charge in [0.25, 0.3) is 11.8 Å². The number of amides is 2. The van der Waals surface area contributed by atoms with Gasteiger partial charge in [-0.3, -0.25) is 19.3 Å². The third kappa shape index (κ3) is 8.77. The Morgan fingerprint density at radius 2 is 1.77 bits per heavy atom. The Morgan fingerprint density at radius 1 is 1.05 bits per heavy atom. The second-order valence-electron chi connectivity index (χ2n) is 12.4. The van der Waals surface area contributed by atoms with Gasteiger partial charge in [-0.1, -0.05) is 44.9 Å². The summed E-state index contributed by atoms with van der Waals surface area (Å²) in [4.78, 5) is 55.1. The zero-order valence-corrected chi connectivity index (χ0v) is 25.9. The summed E-state index contributed by atoms with van der Waals surface area (Å²) in [5.74, 6) is -1.87. The Bertz CT molecular complexity index is 1320. The first-order valence-corrected chi connectivity index (χ1v) is 15.4. The predicted molar refractivity (Wildman–Crippen MR) is 162 cm³/mol. The van der Waals surface area contributed by atoms with Crippen LogP contribution < -0.4 is 16.4 Å². The molecule has 2 heterocycles. The number of nitrogens with one attached hydrogen (secondary N) is 2. The maximum absolute atomic E-state index is 13.7. The van der Waals surface area contributed by atoms with Crippen LogP contribution in [0.4, 0.5) is 0 Å². The quantitative estimate of drug-likeness (QED) is 0.347. The lowest BCUT2D eigenvalue weighted by Gasteiger charge is -2.33. The van der Waals surface area contributed by atoms with Gasteiger partial charge in [-0.2, -0.15) is 4.68 Å². The Hall–Kier alpha value is -3.02. The average molecular weight is 618 g/mol. The summed E-state index contributed by atoms with van der Waals surface area (Å²) in [5, 5.41) is 10.2. The number of halogens is 1. The van der Waals surface area contributed by atoms with Gasteiger partial charge in [0.1, 0.15) is 0 Å². The first kappa shape index (κ1) is 32.9. The van der Waals surface area contributed by atoms with Crippen molar-refractivity contribution in [2.45, 2.75) is 84.0 Å². The van der Waals surface area contributed by atoms with Gasteiger partial charge in [-0.25, -0.2) is 4.79 Å². The van der Waals surface area contributed by atoms with Crippen molar-refractivity contribution in [3.63, 3.8) is 0 Å². The van der Waals surface area contributed by atoms with Gasteiger partial charge in [0.05, 0.1) is 31.7 Å². The highest BCUT2D eigenvalue weighted by Gasteiger charge is 2.36. The van der Waals surface area contributed by atoms with Crippen LogP contribution >= 0.6 is 12.4 Å². The van der Waals surface area contributed by atoms with E-state index < -0.39 is 23.5 Å². The van der Waals surface area contributed by atoms with Crippen molar-refractivity contribution in [2.24, 2.45) is 17.8 Å². The van der Waals surface area contributed by atoms with Crippen LogP contribution in [0.25, 0.3) is 0 Å². The SMILES string of the molecule is CC(C)C[C@H](NC(=O)[C@@H]1CCCC[C@@H]1NC(=O)c1ccccc1CN1CCOCC1)C(=O)c1nn(CC2CC2)c(=O)o1.Cl. The van der Waals surface area contributed by atoms with Gasteiger partial charge in [0.15, 0.2) is 0 Å². The molecule has 12 heteroatoms. The standard InChI is InChI=1S/C31H43N5O6.ClH/c1-20(2)17-26(27(37)30-34-36(31(40)42-30)18-21-11-12-21)33-29(39)24-9-5-6-10-25(24)32-28(38)23-8-4-3-7-22(23)19-35-13-15-41-16-14-35;/h3-4,7-8,20-21,24-26H,5-6,9-19H2,1-2H3,(H,32,38)(H,33,39);1H/t24-,25+,26+;/m1./s1. The van der Waals surface area contributed by atoms with E-state index in [0.29, 0.717) is 57.0 Å². The second-order valence-corrected chi connectivity index (χ2v) is 12.4. The molecule has 3 fully saturated rings. The molecule has 5 rings (SSSR count). The molecule has 11 nitrogen and oxygen atoms in total. The van der Waals surface area contributed by atoms with E-state index in [1.54, 1.807) is 0 Å². The van der Waals surface area contributed by atoms with Crippen molar-refractivity contribution < 1.29 is 23.5 Å². The molecule has 1 aliphatic heterocycles. The van der Waals surface area contributed by atoms with E-state index >= 15 is 0 Å². The number of Topliss-reactive ketones (excluding diaryl/α,β-unsaturated/α-hetero) is 1. The highest BCUT2D eigenvalue weighted by Crippen LogP contribution is 2.30. The molecule has 1 aromatic heterocycles. The minimum absolute atomic E-state index is 0. The molecular weight excluding hydrogens is 574 g/mol. The van der Waals surface area contributed by atoms with Gasteiger partial charge >= 0.3 is 5.76 Å². The molecular formula is C31H44ClN5O6. The summed E-state index contributed by atoms with van der Waals surface area (Å²) >= 11 is 0. The van der Waals surface area contributed by atoms with Gasteiger partial charge in [0, 0.05) is 31.2 Å². The Balaban J connectivity index is 0.00000423. The molecule has 2 aromatic rings. The number of benzene rings is 1. The smallest absolute Gasteiger partial charge is 0.384 e. The fourth-order valence-corrected chi connectivity index (χ4v) is 5.94. The molecule has 2 N–H and O–H groups in total. The maximum Gasteiger partial charge on any atom is 0.437 e. The van der Waals surface area contributed by atoms with E-state index in [4.69, 9.17) is 9.15 Å². The Kier molecular flexibility index (Phi) is 11.6. The third-order valence-electron chi connectivity index (χ3n) is 8.46. The van der Waals surface area contributed by atoms with Crippen LogP contribution in [-0.2, 0) is 22.6 Å². The summed E-state index contributed by atoms with van der Waals surface area (Å²) in [6, 6.07) is 6.37. The zero-order valence-electron chi connectivity index (χ0n) is 25.1. The first-order chi connectivity index (χ1) is 20.3. The lowest BCUT2D eigenvalue weighted by Crippen LogP contribution is -2.52. The van der Waals surface area contributed by atoms with E-state index in [1.807, 2.05) is 38.1 Å². The molecule has 43 heavy (non-hydrogen) atoms. The van der Waals surface area contributed by atoms with E-state index in [9.17, 15) is 19.2 Å². The number of nitrogens with zero attached hydrogens (tertiary/aromatic N) is 3. The van der Waals surface area contributed by atoms with Crippen molar-refractivity contribution in [3.8, 4) is 0 Å². The Labute approximate surface area is 258 Å². The summed E-state index contributed by atoms with van der Waals surface area (Å²) in [6.45, 7) is 8.04. The van der Waals surface area contributed by atoms with Crippen molar-refractivity contribution in [1.82, 2.24) is 25.3 Å². The number of carbonyl (C=O) groups excluding carboxylic acids is 3. The van der Waals surface area contributed by atoms with Crippen LogP contribution in [0, 0.1) is 17.8 Å². The predicted octanol–water partition coefficient (Wildman–Crippen LogP) is 3.20. The molecule has 236 valence electrons. The van der Waals surface area contributed by atoms with E-state index in [1.165, 1.54) is 4.68 Å². The highest BCUT2D eigenvalue weighted by atomic mass is 35.5. The Morgan fingerprint density at radius 3 is 2.49 bits per heavy atom. The lowest BCUT2D eigenvalue weighted by atomic mass is 9.83. The summed E-state index contributed by atoms with van der Waals surface area (Å²) in [6.07, 6.45) is 5.50. The molecule has 3 atom stereocenters. The topological polar surface area (TPSA) is 136 Å². The lowest BCUT2D eigenvalue weighted by molar-refractivity contribution is -0.127. The van der Waals surface area contributed by atoms with Crippen molar-refractivity contribution >= 4 is 30.0 Å². The monoisotopic (exact) mass is 617 g/mol. The summed E-state index contributed by atoms with van der Waals surface area (Å²) < 4.78 is 11.9. The number of hydrogen-bond donors (Lipinski definition) is 2. The van der Waals surface area contributed by atoms with Crippen molar-refractivity contribution in [1.29, 1.82) is 0 Å². The molecule has 0 bridgehead atoms. The van der Waals surface area contributed by atoms with Crippen LogP contribution in [-0.4, -0.2) is 70.7 Å². The fourth-order valence-electron chi connectivity index (χ4n) is 5.94. The normalized spacial score (nSPS) is 21.6. The van der Waals surface area contributed by atoms with Crippen LogP contribution in [0.3, 0.4) is 0 Å². The molecule has 1 aromatic carbocycles. The fraction of sp³-hybridized carbons (Fsp3) is 0.645. The van der Waals surface area contributed by atoms with Crippen molar-refractivity contribution in [2.75, 3.05) is 26.3 Å². The molecule has 2 saturated carbocycles. The van der Waals surface area contributed by atoms with Crippen LogP contribution in [0.15, 0.2) is 33.5 Å². The van der Waals surface area contributed by atoms with Crippen LogP contribution in [0.1, 0.15) is 85.4 Å². The highest BCUT2D eigenvalue weighted by molar-refractivity contribution is 5.99. The van der Waals surface area contributed by atoms with Crippen molar-refractivity contribution in [3.05, 3.63) is 51.8 Å². The number of rotatable bonds is 12. The largest absolute Gasteiger partial charge is 0.437 e. The third-order valence-corrected chi connectivity index (χ3v) is 8.46. The first-order valence-electron chi connectivity index (χ1n) is 15.4. The molecule has 0 spiro atoms. The number of aromatic nitrogens is 2. The molecule has 2 amide bonds. The van der Waals surface area contributed by atoms with Gasteiger partial charge in [0.2, 0.25) is 11.7 Å². The van der Waals surface area contributed by atoms with Gasteiger partial charge in [-0.15, -0.1) is 17.5 Å².